The summed E-state index contributed by atoms with van der Waals surface area (Å²) in [6.45, 7) is 1.77. The third kappa shape index (κ3) is 1.76. The van der Waals surface area contributed by atoms with E-state index in [-0.39, 0.29) is 0 Å². The molecule has 2 aromatic heterocycles. The fourth-order valence-corrected chi connectivity index (χ4v) is 1.28. The van der Waals surface area contributed by atoms with E-state index in [1.54, 1.807) is 13.1 Å². The minimum absolute atomic E-state index is 0.512. The van der Waals surface area contributed by atoms with Crippen LogP contribution >= 0.6 is 0 Å². The highest BCUT2D eigenvalue weighted by molar-refractivity contribution is 5.59. The van der Waals surface area contributed by atoms with E-state index in [4.69, 9.17) is 0 Å². The molecule has 0 saturated heterocycles. The number of aromatic amines is 1. The van der Waals surface area contributed by atoms with Crippen molar-refractivity contribution in [2.75, 3.05) is 0 Å². The van der Waals surface area contributed by atoms with Crippen LogP contribution in [-0.4, -0.2) is 15.0 Å². The largest absolute Gasteiger partial charge is 0.326 e. The molecule has 0 amide bonds. The molecule has 76 valence electrons. The van der Waals surface area contributed by atoms with E-state index in [0.29, 0.717) is 17.0 Å². The third-order valence-corrected chi connectivity index (χ3v) is 2.01. The van der Waals surface area contributed by atoms with Crippen molar-refractivity contribution in [3.63, 3.8) is 0 Å². The highest BCUT2D eigenvalue weighted by Crippen LogP contribution is 2.17. The van der Waals surface area contributed by atoms with Gasteiger partial charge in [0.25, 0.3) is 5.56 Å². The monoisotopic (exact) mass is 205 g/mol. The number of aromatic nitrogens is 3. The summed E-state index contributed by atoms with van der Waals surface area (Å²) < 4.78 is 13.0. The van der Waals surface area contributed by atoms with Gasteiger partial charge >= 0.3 is 0 Å². The van der Waals surface area contributed by atoms with Crippen LogP contribution in [0.25, 0.3) is 11.3 Å². The van der Waals surface area contributed by atoms with Crippen molar-refractivity contribution in [3.05, 3.63) is 46.5 Å². The number of nitrogens with zero attached hydrogens (tertiary/aromatic N) is 2. The van der Waals surface area contributed by atoms with Crippen molar-refractivity contribution >= 4 is 0 Å². The first-order chi connectivity index (χ1) is 7.18. The van der Waals surface area contributed by atoms with Crippen LogP contribution in [0.5, 0.6) is 0 Å². The molecule has 0 aromatic carbocycles. The number of halogens is 1. The quantitative estimate of drug-likeness (QED) is 0.762. The van der Waals surface area contributed by atoms with Crippen molar-refractivity contribution in [1.82, 2.24) is 15.0 Å². The molecule has 4 nitrogen and oxygen atoms in total. The molecule has 0 aliphatic carbocycles. The maximum Gasteiger partial charge on any atom is 0.283 e. The van der Waals surface area contributed by atoms with Crippen LogP contribution in [0.2, 0.25) is 0 Å². The van der Waals surface area contributed by atoms with Crippen LogP contribution < -0.4 is 5.56 Å². The normalized spacial score (nSPS) is 10.3. The summed E-state index contributed by atoms with van der Waals surface area (Å²) in [5.74, 6) is -0.822. The van der Waals surface area contributed by atoms with Gasteiger partial charge in [-0.25, -0.2) is 4.39 Å². The predicted octanol–water partition coefficient (Wildman–Crippen LogP) is 1.28. The first kappa shape index (κ1) is 9.51. The lowest BCUT2D eigenvalue weighted by atomic mass is 10.1. The highest BCUT2D eigenvalue weighted by atomic mass is 19.1. The van der Waals surface area contributed by atoms with Crippen molar-refractivity contribution in [3.8, 4) is 11.3 Å². The van der Waals surface area contributed by atoms with Crippen molar-refractivity contribution in [2.24, 2.45) is 0 Å². The number of hydrogen-bond acceptors (Lipinski definition) is 3. The molecule has 2 aromatic rings. The first-order valence-electron chi connectivity index (χ1n) is 4.34. The van der Waals surface area contributed by atoms with E-state index >= 15 is 0 Å². The number of nitrogens with one attached hydrogen (secondary N) is 1. The summed E-state index contributed by atoms with van der Waals surface area (Å²) in [6.07, 6.45) is 4.49. The zero-order valence-electron chi connectivity index (χ0n) is 7.99. The zero-order valence-corrected chi connectivity index (χ0v) is 7.99. The van der Waals surface area contributed by atoms with E-state index in [1.807, 2.05) is 0 Å². The van der Waals surface area contributed by atoms with Gasteiger partial charge in [-0.1, -0.05) is 0 Å². The number of hydrogen-bond donors (Lipinski definition) is 1. The Labute approximate surface area is 84.8 Å². The molecule has 0 saturated carbocycles. The van der Waals surface area contributed by atoms with Crippen LogP contribution in [0.1, 0.15) is 5.69 Å². The number of rotatable bonds is 1. The van der Waals surface area contributed by atoms with Gasteiger partial charge in [0.1, 0.15) is 0 Å². The second kappa shape index (κ2) is 3.61. The number of aryl methyl sites for hydroxylation is 1. The minimum atomic E-state index is -0.822. The second-order valence-electron chi connectivity index (χ2n) is 3.06. The predicted molar refractivity (Wildman–Crippen MR) is 52.8 cm³/mol. The van der Waals surface area contributed by atoms with Gasteiger partial charge in [-0.3, -0.25) is 14.8 Å². The number of H-pyrrole nitrogens is 1. The van der Waals surface area contributed by atoms with Crippen LogP contribution in [0.3, 0.4) is 0 Å². The number of pyridine rings is 1. The first-order valence-corrected chi connectivity index (χ1v) is 4.34. The van der Waals surface area contributed by atoms with E-state index < -0.39 is 11.4 Å². The second-order valence-corrected chi connectivity index (χ2v) is 3.06. The van der Waals surface area contributed by atoms with Crippen molar-refractivity contribution < 1.29 is 4.39 Å². The van der Waals surface area contributed by atoms with Gasteiger partial charge in [0, 0.05) is 24.2 Å². The Morgan fingerprint density at radius 3 is 2.73 bits per heavy atom. The standard InChI is InChI=1S/C10H8FN3O/c1-6-9(13-3-2-12-6)7-4-8(11)10(15)14-5-7/h2-5H,1H3,(H,14,15). The molecule has 2 rings (SSSR count). The molecule has 0 bridgehead atoms. The Hall–Kier alpha value is -2.04. The zero-order chi connectivity index (χ0) is 10.8. The van der Waals surface area contributed by atoms with Gasteiger partial charge in [-0.05, 0) is 13.0 Å². The molecule has 15 heavy (non-hydrogen) atoms. The maximum atomic E-state index is 13.0. The van der Waals surface area contributed by atoms with Crippen LogP contribution in [0.15, 0.2) is 29.5 Å². The molecule has 0 spiro atoms. The van der Waals surface area contributed by atoms with Gasteiger partial charge in [-0.2, -0.15) is 0 Å². The van der Waals surface area contributed by atoms with E-state index in [9.17, 15) is 9.18 Å². The fourth-order valence-electron chi connectivity index (χ4n) is 1.28. The van der Waals surface area contributed by atoms with E-state index in [2.05, 4.69) is 15.0 Å². The Bertz CT molecular complexity index is 550. The van der Waals surface area contributed by atoms with Crippen LogP contribution in [0.4, 0.5) is 4.39 Å². The molecule has 0 aliphatic rings. The van der Waals surface area contributed by atoms with Gasteiger partial charge < -0.3 is 4.98 Å². The van der Waals surface area contributed by atoms with Gasteiger partial charge in [0.05, 0.1) is 11.4 Å². The van der Waals surface area contributed by atoms with E-state index in [0.717, 1.165) is 6.07 Å². The highest BCUT2D eigenvalue weighted by Gasteiger charge is 2.06. The lowest BCUT2D eigenvalue weighted by Gasteiger charge is -2.02. The van der Waals surface area contributed by atoms with Crippen LogP contribution in [0, 0.1) is 12.7 Å². The molecule has 0 radical (unpaired) electrons. The van der Waals surface area contributed by atoms with Gasteiger partial charge in [0.15, 0.2) is 5.82 Å². The average Bonchev–Trinajstić information content (AvgIpc) is 2.23. The molecule has 0 unspecified atom stereocenters. The van der Waals surface area contributed by atoms with Crippen LogP contribution in [-0.2, 0) is 0 Å². The Morgan fingerprint density at radius 1 is 1.33 bits per heavy atom. The van der Waals surface area contributed by atoms with Crippen molar-refractivity contribution in [2.45, 2.75) is 6.92 Å². The fraction of sp³-hybridized carbons (Fsp3) is 0.100. The van der Waals surface area contributed by atoms with Gasteiger partial charge in [-0.15, -0.1) is 0 Å². The molecular weight excluding hydrogens is 197 g/mol. The molecule has 5 heteroatoms. The Kier molecular flexibility index (Phi) is 2.29. The summed E-state index contributed by atoms with van der Waals surface area (Å²) in [7, 11) is 0. The third-order valence-electron chi connectivity index (χ3n) is 2.01. The van der Waals surface area contributed by atoms with E-state index in [1.165, 1.54) is 12.4 Å². The lowest BCUT2D eigenvalue weighted by molar-refractivity contribution is 0.609. The lowest BCUT2D eigenvalue weighted by Crippen LogP contribution is -2.09. The topological polar surface area (TPSA) is 58.6 Å². The molecule has 0 aliphatic heterocycles. The SMILES string of the molecule is Cc1nccnc1-c1c[nH]c(=O)c(F)c1. The summed E-state index contributed by atoms with van der Waals surface area (Å²) in [5, 5.41) is 0. The summed E-state index contributed by atoms with van der Waals surface area (Å²) in [4.78, 5) is 21.2. The summed E-state index contributed by atoms with van der Waals surface area (Å²) in [6, 6.07) is 1.15. The molecular formula is C10H8FN3O. The Morgan fingerprint density at radius 2 is 2.07 bits per heavy atom. The maximum absolute atomic E-state index is 13.0. The van der Waals surface area contributed by atoms with Crippen molar-refractivity contribution in [1.29, 1.82) is 0 Å². The Balaban J connectivity index is 2.60. The summed E-state index contributed by atoms with van der Waals surface area (Å²) in [5.41, 5.74) is 1.02. The molecule has 0 fully saturated rings. The minimum Gasteiger partial charge on any atom is -0.326 e. The molecule has 2 heterocycles. The smallest absolute Gasteiger partial charge is 0.283 e. The summed E-state index contributed by atoms with van der Waals surface area (Å²) >= 11 is 0. The molecule has 1 N–H and O–H groups in total. The molecule has 0 atom stereocenters. The van der Waals surface area contributed by atoms with Gasteiger partial charge in [0.2, 0.25) is 0 Å². The average molecular weight is 205 g/mol.